The minimum Gasteiger partial charge on any atom is -0.289 e. The molecule has 0 radical (unpaired) electrons. The third-order valence-electron chi connectivity index (χ3n) is 4.64. The van der Waals surface area contributed by atoms with E-state index >= 15 is 0 Å². The van der Waals surface area contributed by atoms with Crippen LogP contribution in [-0.4, -0.2) is 31.9 Å². The molecule has 1 aromatic heterocycles. The topological polar surface area (TPSA) is 73.0 Å². The molecule has 0 spiro atoms. The Labute approximate surface area is 152 Å². The Kier molecular flexibility index (Phi) is 4.06. The molecule has 138 valence electrons. The summed E-state index contributed by atoms with van der Waals surface area (Å²) in [6, 6.07) is 9.64. The second kappa shape index (κ2) is 6.42. The van der Waals surface area contributed by atoms with Crippen molar-refractivity contribution in [3.8, 4) is 5.69 Å². The molecule has 1 aliphatic heterocycles. The lowest BCUT2D eigenvalue weighted by molar-refractivity contribution is 0.241. The molecule has 1 unspecified atom stereocenters. The summed E-state index contributed by atoms with van der Waals surface area (Å²) < 4.78 is 28.9. The van der Waals surface area contributed by atoms with Crippen LogP contribution in [0.3, 0.4) is 0 Å². The van der Waals surface area contributed by atoms with Crippen molar-refractivity contribution in [2.24, 2.45) is 0 Å². The van der Waals surface area contributed by atoms with Gasteiger partial charge < -0.3 is 0 Å². The zero-order valence-electron chi connectivity index (χ0n) is 14.3. The number of para-hydroxylation sites is 2. The number of rotatable bonds is 1. The van der Waals surface area contributed by atoms with E-state index in [1.165, 1.54) is 11.0 Å². The summed E-state index contributed by atoms with van der Waals surface area (Å²) in [4.78, 5) is 27.0. The number of aromatic nitrogens is 4. The molecule has 7 nitrogen and oxygen atoms in total. The molecule has 0 saturated heterocycles. The summed E-state index contributed by atoms with van der Waals surface area (Å²) in [5.74, 6) is -1.96. The van der Waals surface area contributed by atoms with Gasteiger partial charge in [-0.1, -0.05) is 24.3 Å². The number of amides is 1. The molecule has 0 saturated carbocycles. The molecule has 0 fully saturated rings. The van der Waals surface area contributed by atoms with Crippen molar-refractivity contribution in [2.45, 2.75) is 25.8 Å². The van der Waals surface area contributed by atoms with E-state index in [2.05, 4.69) is 10.4 Å². The van der Waals surface area contributed by atoms with E-state index in [-0.39, 0.29) is 6.04 Å². The monoisotopic (exact) mass is 371 g/mol. The van der Waals surface area contributed by atoms with Gasteiger partial charge in [0.1, 0.15) is 5.69 Å². The molecule has 2 aromatic carbocycles. The lowest BCUT2D eigenvalue weighted by atomic mass is 9.97. The predicted octanol–water partition coefficient (Wildman–Crippen LogP) is 2.52. The third-order valence-corrected chi connectivity index (χ3v) is 4.64. The number of anilines is 1. The van der Waals surface area contributed by atoms with E-state index in [0.717, 1.165) is 24.1 Å². The maximum atomic E-state index is 14.0. The highest BCUT2D eigenvalue weighted by atomic mass is 19.1. The van der Waals surface area contributed by atoms with Gasteiger partial charge in [-0.2, -0.15) is 4.68 Å². The van der Waals surface area contributed by atoms with Crippen molar-refractivity contribution in [1.29, 1.82) is 0 Å². The van der Waals surface area contributed by atoms with Crippen molar-refractivity contribution in [3.05, 3.63) is 70.1 Å². The van der Waals surface area contributed by atoms with Crippen molar-refractivity contribution < 1.29 is 13.6 Å². The summed E-state index contributed by atoms with van der Waals surface area (Å²) in [6.45, 7) is 1.86. The Morgan fingerprint density at radius 1 is 1.07 bits per heavy atom. The maximum absolute atomic E-state index is 14.0. The highest BCUT2D eigenvalue weighted by molar-refractivity contribution is 5.94. The van der Waals surface area contributed by atoms with Crippen LogP contribution < -0.4 is 10.6 Å². The van der Waals surface area contributed by atoms with Crippen LogP contribution in [0.2, 0.25) is 0 Å². The maximum Gasteiger partial charge on any atom is 0.377 e. The van der Waals surface area contributed by atoms with Crippen LogP contribution >= 0.6 is 0 Å². The molecule has 4 rings (SSSR count). The summed E-state index contributed by atoms with van der Waals surface area (Å²) >= 11 is 0. The summed E-state index contributed by atoms with van der Waals surface area (Å²) in [5.41, 5.74) is -0.0581. The first-order valence-corrected chi connectivity index (χ1v) is 8.40. The standard InChI is InChI=1S/C18H15F2N5O2/c1-11-9-10-12-5-2-3-8-15(12)23(11)17(26)25-18(27)24(21-22-25)16-13(19)6-4-7-14(16)20/h2-8,11H,9-10H2,1H3. The number of hydrogen-bond donors (Lipinski definition) is 0. The Hall–Kier alpha value is -3.36. The zero-order chi connectivity index (χ0) is 19.1. The van der Waals surface area contributed by atoms with Gasteiger partial charge in [-0.05, 0) is 54.0 Å². The number of carbonyl (C=O) groups is 1. The number of aryl methyl sites for hydroxylation is 1. The number of benzene rings is 2. The number of nitrogens with zero attached hydrogens (tertiary/aromatic N) is 5. The number of hydrogen-bond acceptors (Lipinski definition) is 4. The first-order chi connectivity index (χ1) is 13.0. The van der Waals surface area contributed by atoms with Gasteiger partial charge in [0.05, 0.1) is 0 Å². The molecular weight excluding hydrogens is 356 g/mol. The predicted molar refractivity (Wildman–Crippen MR) is 93.0 cm³/mol. The number of fused-ring (bicyclic) bond motifs is 1. The second-order valence-electron chi connectivity index (χ2n) is 6.32. The summed E-state index contributed by atoms with van der Waals surface area (Å²) in [6.07, 6.45) is 1.52. The Balaban J connectivity index is 1.79. The first kappa shape index (κ1) is 17.1. The van der Waals surface area contributed by atoms with E-state index < -0.39 is 29.0 Å². The highest BCUT2D eigenvalue weighted by Gasteiger charge is 2.31. The van der Waals surface area contributed by atoms with Crippen LogP contribution in [0.15, 0.2) is 47.3 Å². The van der Waals surface area contributed by atoms with Crippen LogP contribution in [0, 0.1) is 11.6 Å². The lowest BCUT2D eigenvalue weighted by Gasteiger charge is -2.34. The second-order valence-corrected chi connectivity index (χ2v) is 6.32. The fraction of sp³-hybridized carbons (Fsp3) is 0.222. The minimum absolute atomic E-state index is 0.172. The quantitative estimate of drug-likeness (QED) is 0.616. The summed E-state index contributed by atoms with van der Waals surface area (Å²) in [5, 5.41) is 7.04. The van der Waals surface area contributed by atoms with Crippen LogP contribution in [0.4, 0.5) is 19.3 Å². The van der Waals surface area contributed by atoms with Gasteiger partial charge in [-0.15, -0.1) is 4.68 Å². The molecule has 9 heteroatoms. The van der Waals surface area contributed by atoms with E-state index in [1.54, 1.807) is 12.1 Å². The molecule has 0 aliphatic carbocycles. The average molecular weight is 371 g/mol. The van der Waals surface area contributed by atoms with Crippen molar-refractivity contribution in [3.63, 3.8) is 0 Å². The van der Waals surface area contributed by atoms with Gasteiger partial charge in [0.15, 0.2) is 11.6 Å². The zero-order valence-corrected chi connectivity index (χ0v) is 14.3. The fourth-order valence-electron chi connectivity index (χ4n) is 3.28. The number of halogens is 2. The molecule has 1 amide bonds. The molecule has 1 aliphatic rings. The van der Waals surface area contributed by atoms with Gasteiger partial charge in [0, 0.05) is 11.7 Å². The normalized spacial score (nSPS) is 16.3. The van der Waals surface area contributed by atoms with Crippen LogP contribution in [-0.2, 0) is 6.42 Å². The Bertz CT molecular complexity index is 1070. The van der Waals surface area contributed by atoms with Crippen LogP contribution in [0.5, 0.6) is 0 Å². The van der Waals surface area contributed by atoms with E-state index in [0.29, 0.717) is 21.5 Å². The van der Waals surface area contributed by atoms with Gasteiger partial charge in [0.2, 0.25) is 0 Å². The van der Waals surface area contributed by atoms with Gasteiger partial charge in [-0.25, -0.2) is 18.4 Å². The largest absolute Gasteiger partial charge is 0.377 e. The van der Waals surface area contributed by atoms with Crippen LogP contribution in [0.25, 0.3) is 5.69 Å². The molecule has 0 N–H and O–H groups in total. The van der Waals surface area contributed by atoms with Crippen molar-refractivity contribution in [2.75, 3.05) is 4.90 Å². The number of tetrazole rings is 1. The smallest absolute Gasteiger partial charge is 0.289 e. The summed E-state index contributed by atoms with van der Waals surface area (Å²) in [7, 11) is 0. The minimum atomic E-state index is -1.04. The third kappa shape index (κ3) is 2.71. The highest BCUT2D eigenvalue weighted by Crippen LogP contribution is 2.30. The Morgan fingerprint density at radius 3 is 2.52 bits per heavy atom. The van der Waals surface area contributed by atoms with Gasteiger partial charge in [-0.3, -0.25) is 4.90 Å². The molecule has 2 heterocycles. The molecule has 0 bridgehead atoms. The fourth-order valence-corrected chi connectivity index (χ4v) is 3.28. The van der Waals surface area contributed by atoms with Gasteiger partial charge in [0.25, 0.3) is 0 Å². The number of carbonyl (C=O) groups excluding carboxylic acids is 1. The SMILES string of the molecule is CC1CCc2ccccc2N1C(=O)n1nnn(-c2c(F)cccc2F)c1=O. The van der Waals surface area contributed by atoms with E-state index in [1.807, 2.05) is 19.1 Å². The molecule has 1 atom stereocenters. The van der Waals surface area contributed by atoms with E-state index in [9.17, 15) is 18.4 Å². The molecular formula is C18H15F2N5O2. The van der Waals surface area contributed by atoms with Crippen molar-refractivity contribution >= 4 is 11.7 Å². The van der Waals surface area contributed by atoms with Crippen LogP contribution in [0.1, 0.15) is 18.9 Å². The van der Waals surface area contributed by atoms with E-state index in [4.69, 9.17) is 0 Å². The lowest BCUT2D eigenvalue weighted by Crippen LogP contribution is -2.47. The first-order valence-electron chi connectivity index (χ1n) is 8.40. The average Bonchev–Trinajstić information content (AvgIpc) is 3.02. The Morgan fingerprint density at radius 2 is 1.78 bits per heavy atom. The molecule has 3 aromatic rings. The van der Waals surface area contributed by atoms with Gasteiger partial charge >= 0.3 is 11.7 Å². The molecule has 27 heavy (non-hydrogen) atoms. The van der Waals surface area contributed by atoms with Crippen molar-refractivity contribution in [1.82, 2.24) is 19.8 Å².